The number of quaternary nitrogens is 1. The highest BCUT2D eigenvalue weighted by Gasteiger charge is 2.43. The number of hydrogen-bond donors (Lipinski definition) is 1. The van der Waals surface area contributed by atoms with Crippen LogP contribution in [0.3, 0.4) is 0 Å². The summed E-state index contributed by atoms with van der Waals surface area (Å²) in [5.74, 6) is -2.07. The third kappa shape index (κ3) is 6.60. The predicted molar refractivity (Wildman–Crippen MR) is 176 cm³/mol. The van der Waals surface area contributed by atoms with Crippen LogP contribution in [0, 0.1) is 10.1 Å². The first kappa shape index (κ1) is 32.6. The van der Waals surface area contributed by atoms with Crippen molar-refractivity contribution >= 4 is 17.6 Å². The lowest BCUT2D eigenvalue weighted by Gasteiger charge is -2.47. The SMILES string of the molecule is COC(=O)C1=C(C)NC(C)=C(C(=O)OCCC[N+]2(C)CCC(c3ccccc3)(c3ccccc3)CC2)C1c1cccc([N+](=O)[O-])c1. The third-order valence-electron chi connectivity index (χ3n) is 9.68. The van der Waals surface area contributed by atoms with Gasteiger partial charge in [0.05, 0.1) is 62.4 Å². The Morgan fingerprint density at radius 1 is 0.891 bits per heavy atom. The highest BCUT2D eigenvalue weighted by Crippen LogP contribution is 2.43. The average Bonchev–Trinajstić information content (AvgIpc) is 3.07. The number of non-ortho nitro benzene ring substituents is 1. The van der Waals surface area contributed by atoms with E-state index in [2.05, 4.69) is 73.0 Å². The van der Waals surface area contributed by atoms with Crippen molar-refractivity contribution in [1.29, 1.82) is 0 Å². The Morgan fingerprint density at radius 3 is 2.00 bits per heavy atom. The second-order valence-electron chi connectivity index (χ2n) is 12.6. The second-order valence-corrected chi connectivity index (χ2v) is 12.6. The van der Waals surface area contributed by atoms with Crippen molar-refractivity contribution in [3.05, 3.63) is 134 Å². The molecule has 0 radical (unpaired) electrons. The van der Waals surface area contributed by atoms with Crippen molar-refractivity contribution in [2.75, 3.05) is 40.4 Å². The largest absolute Gasteiger partial charge is 0.466 e. The van der Waals surface area contributed by atoms with Crippen molar-refractivity contribution < 1.29 is 28.5 Å². The van der Waals surface area contributed by atoms with Gasteiger partial charge in [0.1, 0.15) is 0 Å². The molecule has 0 amide bonds. The number of nitro benzene ring substituents is 1. The standard InChI is InChI=1S/C37H41N3O6/c1-26-32(35(41)45-4)34(28-13-11-18-31(25-28)39(43)44)33(27(2)38-26)36(42)46-24-12-21-40(3)22-19-37(20-23-40,29-14-7-5-8-15-29)30-16-9-6-10-17-30/h5-11,13-18,25,34H,12,19-24H2,1-4H3/p+1. The molecule has 2 aliphatic heterocycles. The number of ether oxygens (including phenoxy) is 2. The Hall–Kier alpha value is -4.76. The van der Waals surface area contributed by atoms with Gasteiger partial charge in [0.15, 0.2) is 0 Å². The van der Waals surface area contributed by atoms with Crippen LogP contribution in [0.25, 0.3) is 0 Å². The van der Waals surface area contributed by atoms with Crippen LogP contribution in [-0.2, 0) is 24.5 Å². The van der Waals surface area contributed by atoms with E-state index >= 15 is 0 Å². The van der Waals surface area contributed by atoms with Gasteiger partial charge < -0.3 is 19.3 Å². The highest BCUT2D eigenvalue weighted by molar-refractivity contribution is 5.99. The topological polar surface area (TPSA) is 108 Å². The number of benzene rings is 3. The number of nitrogens with zero attached hydrogens (tertiary/aromatic N) is 2. The molecule has 0 aromatic heterocycles. The van der Waals surface area contributed by atoms with Crippen LogP contribution >= 0.6 is 0 Å². The average molecular weight is 625 g/mol. The van der Waals surface area contributed by atoms with Crippen LogP contribution in [0.1, 0.15) is 55.7 Å². The number of rotatable bonds is 10. The van der Waals surface area contributed by atoms with Gasteiger partial charge in [-0.1, -0.05) is 72.8 Å². The molecule has 3 aromatic rings. The smallest absolute Gasteiger partial charge is 0.336 e. The summed E-state index contributed by atoms with van der Waals surface area (Å²) in [4.78, 5) is 37.6. The van der Waals surface area contributed by atoms with Gasteiger partial charge in [-0.05, 0) is 30.5 Å². The number of methoxy groups -OCH3 is 1. The maximum absolute atomic E-state index is 13.7. The fraction of sp³-hybridized carbons (Fsp3) is 0.351. The molecular weight excluding hydrogens is 582 g/mol. The second kappa shape index (κ2) is 13.7. The lowest BCUT2D eigenvalue weighted by atomic mass is 9.67. The Morgan fingerprint density at radius 2 is 1.46 bits per heavy atom. The number of hydrogen-bond acceptors (Lipinski definition) is 7. The van der Waals surface area contributed by atoms with E-state index in [-0.39, 0.29) is 28.9 Å². The fourth-order valence-electron chi connectivity index (χ4n) is 7.13. The van der Waals surface area contributed by atoms with E-state index < -0.39 is 22.8 Å². The van der Waals surface area contributed by atoms with Crippen LogP contribution in [0.2, 0.25) is 0 Å². The van der Waals surface area contributed by atoms with E-state index in [4.69, 9.17) is 9.47 Å². The molecule has 46 heavy (non-hydrogen) atoms. The monoisotopic (exact) mass is 624 g/mol. The first-order chi connectivity index (χ1) is 22.1. The fourth-order valence-corrected chi connectivity index (χ4v) is 7.13. The minimum Gasteiger partial charge on any atom is -0.466 e. The summed E-state index contributed by atoms with van der Waals surface area (Å²) in [6.07, 6.45) is 2.70. The molecule has 1 saturated heterocycles. The zero-order valence-electron chi connectivity index (χ0n) is 27.0. The molecule has 2 aliphatic rings. The van der Waals surface area contributed by atoms with Gasteiger partial charge in [-0.3, -0.25) is 10.1 Å². The molecule has 9 nitrogen and oxygen atoms in total. The quantitative estimate of drug-likeness (QED) is 0.0946. The van der Waals surface area contributed by atoms with Gasteiger partial charge in [0.25, 0.3) is 5.69 Å². The van der Waals surface area contributed by atoms with Crippen molar-refractivity contribution in [3.63, 3.8) is 0 Å². The van der Waals surface area contributed by atoms with Crippen LogP contribution in [0.5, 0.6) is 0 Å². The Kier molecular flexibility index (Phi) is 9.72. The molecule has 3 aromatic carbocycles. The van der Waals surface area contributed by atoms with Gasteiger partial charge >= 0.3 is 11.9 Å². The van der Waals surface area contributed by atoms with Crippen LogP contribution in [-0.4, -0.2) is 61.7 Å². The number of likely N-dealkylation sites (tertiary alicyclic amines) is 1. The molecule has 9 heteroatoms. The summed E-state index contributed by atoms with van der Waals surface area (Å²) >= 11 is 0. The number of esters is 2. The number of dihydropyridines is 1. The first-order valence-corrected chi connectivity index (χ1v) is 15.7. The van der Waals surface area contributed by atoms with E-state index in [9.17, 15) is 19.7 Å². The zero-order valence-corrected chi connectivity index (χ0v) is 27.0. The molecule has 2 heterocycles. The molecule has 1 unspecified atom stereocenters. The van der Waals surface area contributed by atoms with Crippen molar-refractivity contribution in [2.45, 2.75) is 44.4 Å². The Bertz CT molecular complexity index is 1620. The Labute approximate surface area is 270 Å². The van der Waals surface area contributed by atoms with E-state index in [1.165, 1.54) is 30.4 Å². The molecule has 0 saturated carbocycles. The minimum atomic E-state index is -0.878. The summed E-state index contributed by atoms with van der Waals surface area (Å²) in [5.41, 5.74) is 4.46. The lowest BCUT2D eigenvalue weighted by molar-refractivity contribution is -0.915. The first-order valence-electron chi connectivity index (χ1n) is 15.7. The molecule has 1 N–H and O–H groups in total. The van der Waals surface area contributed by atoms with Crippen LogP contribution in [0.15, 0.2) is 107 Å². The lowest BCUT2D eigenvalue weighted by Crippen LogP contribution is -2.54. The van der Waals surface area contributed by atoms with Gasteiger partial charge in [0, 0.05) is 48.2 Å². The molecule has 1 atom stereocenters. The van der Waals surface area contributed by atoms with E-state index in [0.717, 1.165) is 37.0 Å². The number of carbonyl (C=O) groups excluding carboxylic acids is 2. The Balaban J connectivity index is 1.28. The van der Waals surface area contributed by atoms with Crippen molar-refractivity contribution in [1.82, 2.24) is 5.32 Å². The molecular formula is C37H42N3O6+. The molecule has 0 bridgehead atoms. The molecule has 5 rings (SSSR count). The summed E-state index contributed by atoms with van der Waals surface area (Å²) in [5, 5.41) is 14.7. The number of nitro groups is 1. The maximum atomic E-state index is 13.7. The number of nitrogens with one attached hydrogen (secondary N) is 1. The predicted octanol–water partition coefficient (Wildman–Crippen LogP) is 6.16. The number of carbonyl (C=O) groups is 2. The van der Waals surface area contributed by atoms with Crippen LogP contribution in [0.4, 0.5) is 5.69 Å². The normalized spacial score (nSPS) is 18.8. The molecule has 240 valence electrons. The van der Waals surface area contributed by atoms with E-state index in [1.54, 1.807) is 26.0 Å². The van der Waals surface area contributed by atoms with Gasteiger partial charge in [-0.15, -0.1) is 0 Å². The third-order valence-corrected chi connectivity index (χ3v) is 9.68. The van der Waals surface area contributed by atoms with E-state index in [0.29, 0.717) is 23.4 Å². The highest BCUT2D eigenvalue weighted by atomic mass is 16.6. The molecule has 1 fully saturated rings. The van der Waals surface area contributed by atoms with E-state index in [1.807, 2.05) is 0 Å². The number of piperidine rings is 1. The molecule has 0 spiro atoms. The summed E-state index contributed by atoms with van der Waals surface area (Å²) < 4.78 is 11.8. The van der Waals surface area contributed by atoms with Crippen LogP contribution < -0.4 is 5.32 Å². The maximum Gasteiger partial charge on any atom is 0.336 e. The number of allylic oxidation sites excluding steroid dienone is 2. The van der Waals surface area contributed by atoms with Gasteiger partial charge in [-0.2, -0.15) is 0 Å². The summed E-state index contributed by atoms with van der Waals surface area (Å²) in [7, 11) is 3.54. The minimum absolute atomic E-state index is 0.0325. The summed E-state index contributed by atoms with van der Waals surface area (Å²) in [6.45, 7) is 6.51. The van der Waals surface area contributed by atoms with Crippen molar-refractivity contribution in [3.8, 4) is 0 Å². The van der Waals surface area contributed by atoms with Gasteiger partial charge in [0.2, 0.25) is 0 Å². The van der Waals surface area contributed by atoms with Crippen molar-refractivity contribution in [2.24, 2.45) is 0 Å². The zero-order chi connectivity index (χ0) is 32.9. The molecule has 0 aliphatic carbocycles. The van der Waals surface area contributed by atoms with Gasteiger partial charge in [-0.25, -0.2) is 9.59 Å². The summed E-state index contributed by atoms with van der Waals surface area (Å²) in [6, 6.07) is 27.5.